The molecule has 0 saturated carbocycles. The maximum Gasteiger partial charge on any atom is 0.229 e. The summed E-state index contributed by atoms with van der Waals surface area (Å²) in [7, 11) is -3.69. The third-order valence-electron chi connectivity index (χ3n) is 4.61. The van der Waals surface area contributed by atoms with Gasteiger partial charge in [0.1, 0.15) is 11.9 Å². The molecule has 1 amide bonds. The van der Waals surface area contributed by atoms with Crippen molar-refractivity contribution in [3.05, 3.63) is 23.8 Å². The first kappa shape index (κ1) is 22.4. The number of rotatable bonds is 5. The van der Waals surface area contributed by atoms with Crippen LogP contribution >= 0.6 is 0 Å². The second kappa shape index (κ2) is 8.26. The van der Waals surface area contributed by atoms with Gasteiger partial charge in [-0.1, -0.05) is 6.92 Å². The molecule has 1 aliphatic heterocycles. The maximum absolute atomic E-state index is 12.5. The molecule has 1 heterocycles. The molecular formula is C17H27N3O6S2. The van der Waals surface area contributed by atoms with E-state index in [9.17, 15) is 21.6 Å². The van der Waals surface area contributed by atoms with E-state index in [1.165, 1.54) is 11.4 Å². The molecule has 1 aliphatic rings. The SMILES string of the molecule is C[C@@H]1CN(C)C(=O)Cc2cc(NS(C)(=O)=O)ccc2O[C@H]1CN(C)S(C)(=O)=O. The lowest BCUT2D eigenvalue weighted by Gasteiger charge is -2.30. The standard InChI is InChI=1S/C17H27N3O6S2/c1-12-10-19(2)17(21)9-13-8-14(18-27(4,22)23)6-7-15(13)26-16(12)11-20(3)28(5,24)25/h6-8,12,16,18H,9-11H2,1-5H3/t12-,16+/m1/s1. The molecule has 2 rings (SSSR count). The van der Waals surface area contributed by atoms with E-state index in [0.717, 1.165) is 12.5 Å². The van der Waals surface area contributed by atoms with Crippen molar-refractivity contribution in [1.29, 1.82) is 0 Å². The minimum Gasteiger partial charge on any atom is -0.488 e. The molecule has 28 heavy (non-hydrogen) atoms. The fourth-order valence-corrected chi connectivity index (χ4v) is 3.92. The molecule has 0 aliphatic carbocycles. The van der Waals surface area contributed by atoms with Crippen LogP contribution in [-0.4, -0.2) is 77.7 Å². The Kier molecular flexibility index (Phi) is 6.62. The van der Waals surface area contributed by atoms with E-state index in [2.05, 4.69) is 4.72 Å². The third kappa shape index (κ3) is 6.08. The summed E-state index contributed by atoms with van der Waals surface area (Å²) in [6.07, 6.45) is 1.73. The molecule has 158 valence electrons. The van der Waals surface area contributed by atoms with Crippen molar-refractivity contribution in [2.75, 3.05) is 44.4 Å². The Morgan fingerprint density at radius 2 is 1.89 bits per heavy atom. The number of likely N-dealkylation sites (N-methyl/N-ethyl adjacent to an activating group) is 2. The summed E-state index contributed by atoms with van der Waals surface area (Å²) < 4.78 is 56.3. The van der Waals surface area contributed by atoms with Crippen LogP contribution in [0.5, 0.6) is 5.75 Å². The van der Waals surface area contributed by atoms with Crippen LogP contribution in [0.3, 0.4) is 0 Å². The predicted molar refractivity (Wildman–Crippen MR) is 107 cm³/mol. The van der Waals surface area contributed by atoms with Crippen molar-refractivity contribution in [1.82, 2.24) is 9.21 Å². The molecule has 0 spiro atoms. The molecule has 1 N–H and O–H groups in total. The van der Waals surface area contributed by atoms with Gasteiger partial charge in [0.2, 0.25) is 26.0 Å². The summed E-state index contributed by atoms with van der Waals surface area (Å²) in [6, 6.07) is 4.71. The van der Waals surface area contributed by atoms with E-state index < -0.39 is 26.2 Å². The van der Waals surface area contributed by atoms with E-state index in [-0.39, 0.29) is 24.8 Å². The molecule has 0 bridgehead atoms. The predicted octanol–water partition coefficient (Wildman–Crippen LogP) is 0.348. The molecule has 1 aromatic rings. The number of anilines is 1. The molecule has 11 heteroatoms. The Labute approximate surface area is 166 Å². The van der Waals surface area contributed by atoms with Gasteiger partial charge in [-0.3, -0.25) is 9.52 Å². The third-order valence-corrected chi connectivity index (χ3v) is 6.50. The average Bonchev–Trinajstić information content (AvgIpc) is 2.56. The van der Waals surface area contributed by atoms with Crippen LogP contribution in [-0.2, 0) is 31.3 Å². The van der Waals surface area contributed by atoms with Crippen molar-refractivity contribution >= 4 is 31.6 Å². The summed E-state index contributed by atoms with van der Waals surface area (Å²) in [5, 5.41) is 0. The highest BCUT2D eigenvalue weighted by molar-refractivity contribution is 7.92. The van der Waals surface area contributed by atoms with Crippen LogP contribution in [0, 0.1) is 5.92 Å². The van der Waals surface area contributed by atoms with Crippen LogP contribution < -0.4 is 9.46 Å². The van der Waals surface area contributed by atoms with Gasteiger partial charge in [0.25, 0.3) is 0 Å². The lowest BCUT2D eigenvalue weighted by molar-refractivity contribution is -0.129. The van der Waals surface area contributed by atoms with Crippen molar-refractivity contribution in [3.8, 4) is 5.75 Å². The van der Waals surface area contributed by atoms with E-state index in [1.54, 1.807) is 30.1 Å². The van der Waals surface area contributed by atoms with E-state index >= 15 is 0 Å². The Hall–Kier alpha value is -1.85. The van der Waals surface area contributed by atoms with Gasteiger partial charge in [0.05, 0.1) is 25.5 Å². The van der Waals surface area contributed by atoms with Crippen LogP contribution in [0.2, 0.25) is 0 Å². The van der Waals surface area contributed by atoms with Gasteiger partial charge in [-0.2, -0.15) is 0 Å². The van der Waals surface area contributed by atoms with Gasteiger partial charge >= 0.3 is 0 Å². The number of ether oxygens (including phenoxy) is 1. The summed E-state index contributed by atoms with van der Waals surface area (Å²) in [5.41, 5.74) is 0.865. The minimum atomic E-state index is -3.46. The lowest BCUT2D eigenvalue weighted by Crippen LogP contribution is -2.43. The molecule has 9 nitrogen and oxygen atoms in total. The number of fused-ring (bicyclic) bond motifs is 1. The number of carbonyl (C=O) groups is 1. The molecule has 0 aromatic heterocycles. The lowest BCUT2D eigenvalue weighted by atomic mass is 10.0. The molecule has 0 saturated heterocycles. The Morgan fingerprint density at radius 1 is 1.25 bits per heavy atom. The molecular weight excluding hydrogens is 406 g/mol. The first-order chi connectivity index (χ1) is 12.8. The van der Waals surface area contributed by atoms with Crippen LogP contribution in [0.1, 0.15) is 12.5 Å². The number of benzene rings is 1. The maximum atomic E-state index is 12.5. The fraction of sp³-hybridized carbons (Fsp3) is 0.588. The minimum absolute atomic E-state index is 0.0481. The van der Waals surface area contributed by atoms with Crippen LogP contribution in [0.4, 0.5) is 5.69 Å². The zero-order chi connectivity index (χ0) is 21.3. The first-order valence-corrected chi connectivity index (χ1v) is 12.4. The second-order valence-corrected chi connectivity index (χ2v) is 11.2. The zero-order valence-corrected chi connectivity index (χ0v) is 18.3. The summed E-state index contributed by atoms with van der Waals surface area (Å²) >= 11 is 0. The number of carbonyl (C=O) groups excluding carboxylic acids is 1. The Morgan fingerprint density at radius 3 is 2.46 bits per heavy atom. The smallest absolute Gasteiger partial charge is 0.229 e. The van der Waals surface area contributed by atoms with Gasteiger partial charge in [-0.05, 0) is 18.2 Å². The molecule has 2 atom stereocenters. The average molecular weight is 434 g/mol. The first-order valence-electron chi connectivity index (χ1n) is 8.69. The summed E-state index contributed by atoms with van der Waals surface area (Å²) in [4.78, 5) is 14.1. The number of amides is 1. The van der Waals surface area contributed by atoms with Crippen LogP contribution in [0.15, 0.2) is 18.2 Å². The van der Waals surface area contributed by atoms with Gasteiger partial charge in [0, 0.05) is 37.8 Å². The van der Waals surface area contributed by atoms with Crippen molar-refractivity contribution in [2.45, 2.75) is 19.4 Å². The molecule has 0 radical (unpaired) electrons. The number of nitrogens with one attached hydrogen (secondary N) is 1. The van der Waals surface area contributed by atoms with E-state index in [1.807, 2.05) is 6.92 Å². The number of hydrogen-bond donors (Lipinski definition) is 1. The van der Waals surface area contributed by atoms with E-state index in [4.69, 9.17) is 4.74 Å². The number of nitrogens with zero attached hydrogens (tertiary/aromatic N) is 2. The number of hydrogen-bond acceptors (Lipinski definition) is 6. The molecule has 1 aromatic carbocycles. The van der Waals surface area contributed by atoms with Crippen LogP contribution in [0.25, 0.3) is 0 Å². The van der Waals surface area contributed by atoms with Gasteiger partial charge in [0.15, 0.2) is 0 Å². The van der Waals surface area contributed by atoms with Crippen molar-refractivity contribution < 1.29 is 26.4 Å². The largest absolute Gasteiger partial charge is 0.488 e. The fourth-order valence-electron chi connectivity index (χ4n) is 2.94. The van der Waals surface area contributed by atoms with E-state index in [0.29, 0.717) is 23.5 Å². The zero-order valence-electron chi connectivity index (χ0n) is 16.7. The quantitative estimate of drug-likeness (QED) is 0.717. The highest BCUT2D eigenvalue weighted by Gasteiger charge is 2.29. The highest BCUT2D eigenvalue weighted by atomic mass is 32.2. The molecule has 0 unspecified atom stereocenters. The van der Waals surface area contributed by atoms with Crippen molar-refractivity contribution in [2.24, 2.45) is 5.92 Å². The second-order valence-electron chi connectivity index (χ2n) is 7.32. The van der Waals surface area contributed by atoms with Crippen molar-refractivity contribution in [3.63, 3.8) is 0 Å². The van der Waals surface area contributed by atoms with Gasteiger partial charge in [-0.25, -0.2) is 21.1 Å². The summed E-state index contributed by atoms with van der Waals surface area (Å²) in [6.45, 7) is 2.43. The molecule has 0 fully saturated rings. The van der Waals surface area contributed by atoms with Gasteiger partial charge < -0.3 is 9.64 Å². The summed E-state index contributed by atoms with van der Waals surface area (Å²) in [5.74, 6) is 0.171. The Bertz CT molecular complexity index is 946. The highest BCUT2D eigenvalue weighted by Crippen LogP contribution is 2.28. The monoisotopic (exact) mass is 433 g/mol. The normalized spacial score (nSPS) is 21.4. The topological polar surface area (TPSA) is 113 Å². The van der Waals surface area contributed by atoms with Gasteiger partial charge in [-0.15, -0.1) is 0 Å². The number of sulfonamides is 2. The Balaban J connectivity index is 2.42.